The van der Waals surface area contributed by atoms with Crippen LogP contribution < -0.4 is 4.90 Å². The monoisotopic (exact) mass is 364 g/mol. The lowest BCUT2D eigenvalue weighted by Crippen LogP contribution is -2.42. The van der Waals surface area contributed by atoms with E-state index in [2.05, 4.69) is 13.8 Å². The summed E-state index contributed by atoms with van der Waals surface area (Å²) >= 11 is 0. The molecule has 2 atom stereocenters. The lowest BCUT2D eigenvalue weighted by Gasteiger charge is -2.34. The third-order valence-corrected chi connectivity index (χ3v) is 6.69. The van der Waals surface area contributed by atoms with E-state index < -0.39 is 10.0 Å². The number of imide groups is 1. The van der Waals surface area contributed by atoms with Crippen LogP contribution >= 0.6 is 0 Å². The van der Waals surface area contributed by atoms with E-state index in [-0.39, 0.29) is 16.7 Å². The average Bonchev–Trinajstić information content (AvgIpc) is 2.54. The van der Waals surface area contributed by atoms with Crippen LogP contribution in [0.3, 0.4) is 0 Å². The van der Waals surface area contributed by atoms with Crippen molar-refractivity contribution in [1.29, 1.82) is 0 Å². The molecule has 2 aliphatic rings. The van der Waals surface area contributed by atoms with Gasteiger partial charge in [0.15, 0.2) is 0 Å². The highest BCUT2D eigenvalue weighted by molar-refractivity contribution is 7.89. The van der Waals surface area contributed by atoms with E-state index in [1.165, 1.54) is 16.4 Å². The Morgan fingerprint density at radius 1 is 0.920 bits per heavy atom. The van der Waals surface area contributed by atoms with Crippen LogP contribution in [-0.4, -0.2) is 37.6 Å². The van der Waals surface area contributed by atoms with Crippen molar-refractivity contribution in [2.24, 2.45) is 11.8 Å². The van der Waals surface area contributed by atoms with E-state index in [0.717, 1.165) is 11.3 Å². The molecule has 0 unspecified atom stereocenters. The predicted octanol–water partition coefficient (Wildman–Crippen LogP) is 2.40. The molecule has 0 aromatic heterocycles. The highest BCUT2D eigenvalue weighted by Gasteiger charge is 2.32. The van der Waals surface area contributed by atoms with Crippen molar-refractivity contribution in [1.82, 2.24) is 4.31 Å². The fraction of sp³-hybridized carbons (Fsp3) is 0.556. The summed E-state index contributed by atoms with van der Waals surface area (Å²) in [5, 5.41) is 0. The predicted molar refractivity (Wildman–Crippen MR) is 94.5 cm³/mol. The molecule has 0 saturated carbocycles. The Morgan fingerprint density at radius 3 is 1.96 bits per heavy atom. The van der Waals surface area contributed by atoms with Crippen LogP contribution in [0.25, 0.3) is 0 Å². The van der Waals surface area contributed by atoms with Crippen LogP contribution in [0.1, 0.15) is 39.5 Å². The molecular formula is C18H24N2O4S. The number of benzene rings is 1. The van der Waals surface area contributed by atoms with Gasteiger partial charge >= 0.3 is 0 Å². The number of piperidine rings is 2. The van der Waals surface area contributed by atoms with Crippen LogP contribution in [-0.2, 0) is 19.6 Å². The Balaban J connectivity index is 1.84. The van der Waals surface area contributed by atoms with Gasteiger partial charge in [-0.2, -0.15) is 4.31 Å². The van der Waals surface area contributed by atoms with Gasteiger partial charge in [-0.05, 0) is 48.9 Å². The molecule has 7 heteroatoms. The quantitative estimate of drug-likeness (QED) is 0.772. The standard InChI is InChI=1S/C18H24N2O4S/c1-13-10-14(2)12-19(11-13)25(23,24)16-8-6-15(7-9-16)20-17(21)4-3-5-18(20)22/h6-9,13-14H,3-5,10-12H2,1-2H3/t13-,14+. The summed E-state index contributed by atoms with van der Waals surface area (Å²) < 4.78 is 27.3. The first-order valence-corrected chi connectivity index (χ1v) is 10.2. The number of carbonyl (C=O) groups is 2. The maximum Gasteiger partial charge on any atom is 0.243 e. The second kappa shape index (κ2) is 6.88. The number of nitrogens with zero attached hydrogens (tertiary/aromatic N) is 2. The van der Waals surface area contributed by atoms with Crippen molar-refractivity contribution < 1.29 is 18.0 Å². The van der Waals surface area contributed by atoms with Crippen molar-refractivity contribution in [2.75, 3.05) is 18.0 Å². The van der Waals surface area contributed by atoms with Gasteiger partial charge in [0.05, 0.1) is 10.6 Å². The summed E-state index contributed by atoms with van der Waals surface area (Å²) in [6.45, 7) is 5.18. The van der Waals surface area contributed by atoms with Crippen molar-refractivity contribution in [3.8, 4) is 0 Å². The van der Waals surface area contributed by atoms with E-state index in [4.69, 9.17) is 0 Å². The van der Waals surface area contributed by atoms with Gasteiger partial charge in [0.25, 0.3) is 0 Å². The van der Waals surface area contributed by atoms with E-state index in [9.17, 15) is 18.0 Å². The molecule has 2 saturated heterocycles. The minimum atomic E-state index is -3.56. The zero-order valence-corrected chi connectivity index (χ0v) is 15.5. The molecule has 0 spiro atoms. The SMILES string of the molecule is C[C@@H]1C[C@H](C)CN(S(=O)(=O)c2ccc(N3C(=O)CCCC3=O)cc2)C1. The average molecular weight is 364 g/mol. The minimum absolute atomic E-state index is 0.203. The summed E-state index contributed by atoms with van der Waals surface area (Å²) in [4.78, 5) is 25.3. The Labute approximate surface area is 148 Å². The molecule has 6 nitrogen and oxygen atoms in total. The van der Waals surface area contributed by atoms with Gasteiger partial charge in [-0.3, -0.25) is 14.5 Å². The normalized spacial score (nSPS) is 26.1. The summed E-state index contributed by atoms with van der Waals surface area (Å²) in [6.07, 6.45) is 2.29. The Kier molecular flexibility index (Phi) is 4.97. The van der Waals surface area contributed by atoms with Crippen molar-refractivity contribution >= 4 is 27.5 Å². The Bertz CT molecular complexity index is 747. The molecule has 3 rings (SSSR count). The second-order valence-electron chi connectivity index (χ2n) is 7.24. The van der Waals surface area contributed by atoms with Gasteiger partial charge in [0.2, 0.25) is 21.8 Å². The summed E-state index contributed by atoms with van der Waals surface area (Å²) in [5.74, 6) is 0.207. The number of sulfonamides is 1. The van der Waals surface area contributed by atoms with Gasteiger partial charge in [-0.1, -0.05) is 13.8 Å². The number of rotatable bonds is 3. The van der Waals surface area contributed by atoms with Gasteiger partial charge in [-0.15, -0.1) is 0 Å². The molecule has 2 fully saturated rings. The number of carbonyl (C=O) groups excluding carboxylic acids is 2. The first kappa shape index (κ1) is 18.1. The van der Waals surface area contributed by atoms with E-state index in [0.29, 0.717) is 49.9 Å². The molecule has 25 heavy (non-hydrogen) atoms. The third-order valence-electron chi connectivity index (χ3n) is 4.85. The first-order chi connectivity index (χ1) is 11.8. The van der Waals surface area contributed by atoms with Gasteiger partial charge in [-0.25, -0.2) is 8.42 Å². The fourth-order valence-electron chi connectivity index (χ4n) is 3.76. The molecule has 1 aromatic rings. The molecule has 1 aromatic carbocycles. The van der Waals surface area contributed by atoms with E-state index >= 15 is 0 Å². The van der Waals surface area contributed by atoms with Crippen molar-refractivity contribution in [3.63, 3.8) is 0 Å². The third kappa shape index (κ3) is 3.62. The highest BCUT2D eigenvalue weighted by Crippen LogP contribution is 2.28. The fourth-order valence-corrected chi connectivity index (χ4v) is 5.44. The number of hydrogen-bond acceptors (Lipinski definition) is 4. The molecule has 0 radical (unpaired) electrons. The first-order valence-electron chi connectivity index (χ1n) is 8.75. The molecule has 2 amide bonds. The smallest absolute Gasteiger partial charge is 0.243 e. The zero-order chi connectivity index (χ0) is 18.2. The van der Waals surface area contributed by atoms with Gasteiger partial charge in [0.1, 0.15) is 0 Å². The van der Waals surface area contributed by atoms with Crippen LogP contribution in [0.2, 0.25) is 0 Å². The van der Waals surface area contributed by atoms with Crippen LogP contribution in [0.5, 0.6) is 0 Å². The molecule has 2 aliphatic heterocycles. The molecule has 2 heterocycles. The lowest BCUT2D eigenvalue weighted by molar-refractivity contribution is -0.129. The minimum Gasteiger partial charge on any atom is -0.274 e. The summed E-state index contributed by atoms with van der Waals surface area (Å²) in [7, 11) is -3.56. The van der Waals surface area contributed by atoms with Gasteiger partial charge < -0.3 is 0 Å². The van der Waals surface area contributed by atoms with Crippen LogP contribution in [0, 0.1) is 11.8 Å². The zero-order valence-electron chi connectivity index (χ0n) is 14.6. The maximum atomic E-state index is 12.9. The topological polar surface area (TPSA) is 74.8 Å². The Hall–Kier alpha value is -1.73. The molecule has 0 N–H and O–H groups in total. The summed E-state index contributed by atoms with van der Waals surface area (Å²) in [6, 6.07) is 6.07. The maximum absolute atomic E-state index is 12.9. The lowest BCUT2D eigenvalue weighted by atomic mass is 9.94. The second-order valence-corrected chi connectivity index (χ2v) is 9.18. The highest BCUT2D eigenvalue weighted by atomic mass is 32.2. The van der Waals surface area contributed by atoms with Gasteiger partial charge in [0, 0.05) is 25.9 Å². The number of hydrogen-bond donors (Lipinski definition) is 0. The van der Waals surface area contributed by atoms with E-state index in [1.807, 2.05) is 0 Å². The summed E-state index contributed by atoms with van der Waals surface area (Å²) in [5.41, 5.74) is 0.439. The Morgan fingerprint density at radius 2 is 1.44 bits per heavy atom. The van der Waals surface area contributed by atoms with Crippen LogP contribution in [0.15, 0.2) is 29.2 Å². The molecule has 0 bridgehead atoms. The largest absolute Gasteiger partial charge is 0.274 e. The van der Waals surface area contributed by atoms with Crippen molar-refractivity contribution in [2.45, 2.75) is 44.4 Å². The number of anilines is 1. The molecule has 136 valence electrons. The molecule has 0 aliphatic carbocycles. The van der Waals surface area contributed by atoms with Crippen LogP contribution in [0.4, 0.5) is 5.69 Å². The molecular weight excluding hydrogens is 340 g/mol. The van der Waals surface area contributed by atoms with Crippen molar-refractivity contribution in [3.05, 3.63) is 24.3 Å². The number of amides is 2. The van der Waals surface area contributed by atoms with E-state index in [1.54, 1.807) is 12.1 Å².